The van der Waals surface area contributed by atoms with Gasteiger partial charge in [0.05, 0.1) is 17.8 Å². The van der Waals surface area contributed by atoms with Crippen molar-refractivity contribution >= 4 is 11.6 Å². The third-order valence-corrected chi connectivity index (χ3v) is 4.26. The van der Waals surface area contributed by atoms with Crippen LogP contribution in [0.4, 0.5) is 18.9 Å². The van der Waals surface area contributed by atoms with Crippen molar-refractivity contribution in [3.8, 4) is 5.82 Å². The van der Waals surface area contributed by atoms with E-state index < -0.39 is 18.0 Å². The molecule has 1 amide bonds. The Bertz CT molecular complexity index is 682. The number of rotatable bonds is 3. The lowest BCUT2D eigenvalue weighted by Gasteiger charge is -2.29. The molecule has 2 atom stereocenters. The van der Waals surface area contributed by atoms with Crippen LogP contribution in [0.25, 0.3) is 5.82 Å². The second-order valence-electron chi connectivity index (χ2n) is 5.95. The number of halogens is 3. The Kier molecular flexibility index (Phi) is 4.55. The van der Waals surface area contributed by atoms with Crippen molar-refractivity contribution in [2.45, 2.75) is 31.9 Å². The van der Waals surface area contributed by atoms with Crippen molar-refractivity contribution in [3.63, 3.8) is 0 Å². The predicted octanol–water partition coefficient (Wildman–Crippen LogP) is 3.57. The first-order chi connectivity index (χ1) is 11.4. The number of alkyl halides is 3. The Morgan fingerprint density at radius 1 is 1.29 bits per heavy atom. The Morgan fingerprint density at radius 2 is 2.12 bits per heavy atom. The largest absolute Gasteiger partial charge is 0.391 e. The first-order valence-corrected chi connectivity index (χ1v) is 7.77. The Morgan fingerprint density at radius 3 is 2.75 bits per heavy atom. The van der Waals surface area contributed by atoms with E-state index in [-0.39, 0.29) is 18.7 Å². The predicted molar refractivity (Wildman–Crippen MR) is 81.5 cm³/mol. The number of pyridine rings is 1. The maximum atomic E-state index is 12.8. The average Bonchev–Trinajstić information content (AvgIpc) is 3.09. The molecule has 0 aliphatic heterocycles. The second-order valence-corrected chi connectivity index (χ2v) is 5.95. The van der Waals surface area contributed by atoms with Crippen LogP contribution in [-0.2, 0) is 4.79 Å². The molecule has 1 saturated carbocycles. The Balaban J connectivity index is 1.62. The third kappa shape index (κ3) is 3.74. The lowest BCUT2D eigenvalue weighted by Crippen LogP contribution is -2.34. The van der Waals surface area contributed by atoms with Crippen LogP contribution in [0.15, 0.2) is 36.8 Å². The van der Waals surface area contributed by atoms with Crippen molar-refractivity contribution in [1.29, 1.82) is 0 Å². The summed E-state index contributed by atoms with van der Waals surface area (Å²) in [4.78, 5) is 16.4. The quantitative estimate of drug-likeness (QED) is 0.931. The van der Waals surface area contributed by atoms with Crippen molar-refractivity contribution in [2.75, 3.05) is 5.32 Å². The van der Waals surface area contributed by atoms with Gasteiger partial charge in [0.15, 0.2) is 5.82 Å². The number of amides is 1. The molecule has 1 fully saturated rings. The molecule has 2 aromatic heterocycles. The Labute approximate surface area is 136 Å². The van der Waals surface area contributed by atoms with Crippen molar-refractivity contribution in [3.05, 3.63) is 36.8 Å². The fourth-order valence-corrected chi connectivity index (χ4v) is 2.97. The number of hydrogen-bond acceptors (Lipinski definition) is 3. The first kappa shape index (κ1) is 16.5. The van der Waals surface area contributed by atoms with Gasteiger partial charge < -0.3 is 5.32 Å². The van der Waals surface area contributed by atoms with Crippen molar-refractivity contribution in [1.82, 2.24) is 14.8 Å². The van der Waals surface area contributed by atoms with Crippen LogP contribution < -0.4 is 5.32 Å². The molecule has 0 radical (unpaired) electrons. The molecule has 5 nitrogen and oxygen atoms in total. The molecule has 3 rings (SSSR count). The number of nitrogens with one attached hydrogen (secondary N) is 1. The molecule has 128 valence electrons. The van der Waals surface area contributed by atoms with E-state index in [4.69, 9.17) is 0 Å². The standard InChI is InChI=1S/C16H17F3N4O/c17-16(18,19)12-4-1-3-11(9-12)15(24)22-13-5-6-14(20-10-13)23-8-2-7-21-23/h2,5-8,10-12H,1,3-4,9H2,(H,22,24). The highest BCUT2D eigenvalue weighted by Crippen LogP contribution is 2.40. The molecular weight excluding hydrogens is 321 g/mol. The molecule has 2 unspecified atom stereocenters. The van der Waals surface area contributed by atoms with Gasteiger partial charge in [0.25, 0.3) is 0 Å². The summed E-state index contributed by atoms with van der Waals surface area (Å²) in [6.07, 6.45) is 1.46. The van der Waals surface area contributed by atoms with Gasteiger partial charge in [0.1, 0.15) is 0 Å². The molecule has 0 bridgehead atoms. The zero-order chi connectivity index (χ0) is 17.2. The zero-order valence-electron chi connectivity index (χ0n) is 12.8. The SMILES string of the molecule is O=C(Nc1ccc(-n2cccn2)nc1)C1CCCC(C(F)(F)F)C1. The molecule has 8 heteroatoms. The molecule has 0 aromatic carbocycles. The van der Waals surface area contributed by atoms with Gasteiger partial charge in [-0.05, 0) is 37.5 Å². The van der Waals surface area contributed by atoms with E-state index in [1.165, 1.54) is 6.20 Å². The summed E-state index contributed by atoms with van der Waals surface area (Å²) in [5, 5.41) is 6.70. The molecule has 2 heterocycles. The van der Waals surface area contributed by atoms with Crippen LogP contribution in [0.5, 0.6) is 0 Å². The molecule has 2 aromatic rings. The van der Waals surface area contributed by atoms with Crippen LogP contribution in [-0.4, -0.2) is 26.8 Å². The third-order valence-electron chi connectivity index (χ3n) is 4.26. The number of carbonyl (C=O) groups excluding carboxylic acids is 1. The molecule has 0 saturated heterocycles. The molecular formula is C16H17F3N4O. The van der Waals surface area contributed by atoms with Crippen LogP contribution >= 0.6 is 0 Å². The summed E-state index contributed by atoms with van der Waals surface area (Å²) in [5.41, 5.74) is 0.463. The molecule has 1 N–H and O–H groups in total. The van der Waals surface area contributed by atoms with Crippen LogP contribution in [0, 0.1) is 11.8 Å². The lowest BCUT2D eigenvalue weighted by atomic mass is 9.80. The average molecular weight is 338 g/mol. The number of hydrogen-bond donors (Lipinski definition) is 1. The first-order valence-electron chi connectivity index (χ1n) is 7.77. The summed E-state index contributed by atoms with van der Waals surface area (Å²) < 4.78 is 40.1. The van der Waals surface area contributed by atoms with E-state index in [0.29, 0.717) is 24.3 Å². The molecule has 24 heavy (non-hydrogen) atoms. The second kappa shape index (κ2) is 6.62. The molecule has 0 spiro atoms. The normalized spacial score (nSPS) is 21.5. The van der Waals surface area contributed by atoms with Crippen molar-refractivity contribution < 1.29 is 18.0 Å². The maximum Gasteiger partial charge on any atom is 0.391 e. The van der Waals surface area contributed by atoms with E-state index >= 15 is 0 Å². The van der Waals surface area contributed by atoms with E-state index in [0.717, 1.165) is 0 Å². The summed E-state index contributed by atoms with van der Waals surface area (Å²) in [6, 6.07) is 5.10. The van der Waals surface area contributed by atoms with Gasteiger partial charge in [-0.2, -0.15) is 18.3 Å². The minimum atomic E-state index is -4.23. The van der Waals surface area contributed by atoms with Crippen LogP contribution in [0.1, 0.15) is 25.7 Å². The molecule has 1 aliphatic carbocycles. The summed E-state index contributed by atoms with van der Waals surface area (Å²) in [7, 11) is 0. The van der Waals surface area contributed by atoms with Gasteiger partial charge in [-0.25, -0.2) is 9.67 Å². The smallest absolute Gasteiger partial charge is 0.324 e. The number of carbonyl (C=O) groups is 1. The fourth-order valence-electron chi connectivity index (χ4n) is 2.97. The van der Waals surface area contributed by atoms with Gasteiger partial charge in [-0.3, -0.25) is 4.79 Å². The van der Waals surface area contributed by atoms with Crippen LogP contribution in [0.2, 0.25) is 0 Å². The summed E-state index contributed by atoms with van der Waals surface area (Å²) in [6.45, 7) is 0. The monoisotopic (exact) mass is 338 g/mol. The minimum Gasteiger partial charge on any atom is -0.324 e. The summed E-state index contributed by atoms with van der Waals surface area (Å²) in [5.74, 6) is -1.79. The van der Waals surface area contributed by atoms with Gasteiger partial charge in [-0.1, -0.05) is 6.42 Å². The van der Waals surface area contributed by atoms with Gasteiger partial charge in [0.2, 0.25) is 5.91 Å². The minimum absolute atomic E-state index is 0.105. The van der Waals surface area contributed by atoms with E-state index in [1.54, 1.807) is 35.3 Å². The van der Waals surface area contributed by atoms with E-state index in [1.807, 2.05) is 0 Å². The lowest BCUT2D eigenvalue weighted by molar-refractivity contribution is -0.185. The van der Waals surface area contributed by atoms with Crippen LogP contribution in [0.3, 0.4) is 0 Å². The maximum absolute atomic E-state index is 12.8. The van der Waals surface area contributed by atoms with E-state index in [9.17, 15) is 18.0 Å². The van der Waals surface area contributed by atoms with Gasteiger partial charge in [0, 0.05) is 18.3 Å². The highest BCUT2D eigenvalue weighted by atomic mass is 19.4. The zero-order valence-corrected chi connectivity index (χ0v) is 12.8. The highest BCUT2D eigenvalue weighted by Gasteiger charge is 2.43. The van der Waals surface area contributed by atoms with Gasteiger partial charge in [-0.15, -0.1) is 0 Å². The number of anilines is 1. The summed E-state index contributed by atoms with van der Waals surface area (Å²) >= 11 is 0. The fraction of sp³-hybridized carbons (Fsp3) is 0.438. The van der Waals surface area contributed by atoms with Crippen molar-refractivity contribution in [2.24, 2.45) is 11.8 Å². The number of aromatic nitrogens is 3. The molecule has 1 aliphatic rings. The number of nitrogens with zero attached hydrogens (tertiary/aromatic N) is 3. The Hall–Kier alpha value is -2.38. The highest BCUT2D eigenvalue weighted by molar-refractivity contribution is 5.92. The topological polar surface area (TPSA) is 59.8 Å². The van der Waals surface area contributed by atoms with E-state index in [2.05, 4.69) is 15.4 Å². The van der Waals surface area contributed by atoms with Gasteiger partial charge >= 0.3 is 6.18 Å².